The molecular weight excluding hydrogens is 637 g/mol. The molecule has 0 bridgehead atoms. The minimum absolute atomic E-state index is 0.00810. The van der Waals surface area contributed by atoms with Crippen molar-refractivity contribution in [2.45, 2.75) is 63.8 Å². The molecule has 1 unspecified atom stereocenters. The van der Waals surface area contributed by atoms with Gasteiger partial charge < -0.3 is 9.47 Å². The fourth-order valence-electron chi connectivity index (χ4n) is 6.06. The van der Waals surface area contributed by atoms with E-state index in [1.165, 1.54) is 4.90 Å². The number of hydrogen-bond acceptors (Lipinski definition) is 7. The highest BCUT2D eigenvalue weighted by molar-refractivity contribution is 7.86. The molecule has 49 heavy (non-hydrogen) atoms. The van der Waals surface area contributed by atoms with Gasteiger partial charge in [0.05, 0.1) is 16.3 Å². The Bertz CT molecular complexity index is 1720. The number of nitrogens with one attached hydrogen (secondary N) is 1. The van der Waals surface area contributed by atoms with E-state index in [9.17, 15) is 18.6 Å². The van der Waals surface area contributed by atoms with E-state index >= 15 is 0 Å². The van der Waals surface area contributed by atoms with E-state index in [1.54, 1.807) is 34.6 Å². The van der Waals surface area contributed by atoms with Crippen LogP contribution in [-0.4, -0.2) is 49.7 Å². The Morgan fingerprint density at radius 3 is 1.63 bits per heavy atom. The van der Waals surface area contributed by atoms with Crippen LogP contribution in [0.15, 0.2) is 133 Å². The van der Waals surface area contributed by atoms with E-state index < -0.39 is 57.0 Å². The molecule has 5 rings (SSSR count). The van der Waals surface area contributed by atoms with Crippen LogP contribution in [0.25, 0.3) is 0 Å². The van der Waals surface area contributed by atoms with Crippen molar-refractivity contribution >= 4 is 28.6 Å². The molecule has 1 saturated heterocycles. The molecule has 0 aromatic heterocycles. The van der Waals surface area contributed by atoms with Gasteiger partial charge in [-0.25, -0.2) is 4.79 Å². The van der Waals surface area contributed by atoms with Crippen molar-refractivity contribution in [2.75, 3.05) is 5.75 Å². The van der Waals surface area contributed by atoms with E-state index in [-0.39, 0.29) is 12.3 Å². The zero-order valence-electron chi connectivity index (χ0n) is 28.4. The first kappa shape index (κ1) is 35.4. The Hall–Kier alpha value is -4.86. The predicted octanol–water partition coefficient (Wildman–Crippen LogP) is 6.23. The molecule has 0 aliphatic carbocycles. The monoisotopic (exact) mass is 678 g/mol. The van der Waals surface area contributed by atoms with Crippen molar-refractivity contribution in [3.8, 4) is 0 Å². The number of rotatable bonds is 12. The highest BCUT2D eigenvalue weighted by atomic mass is 32.2. The third kappa shape index (κ3) is 7.90. The Balaban J connectivity index is 1.59. The molecule has 1 N–H and O–H groups in total. The van der Waals surface area contributed by atoms with Crippen LogP contribution in [-0.2, 0) is 46.8 Å². The Labute approximate surface area is 290 Å². The first-order valence-electron chi connectivity index (χ1n) is 16.2. The van der Waals surface area contributed by atoms with Crippen LogP contribution in [0.4, 0.5) is 0 Å². The van der Waals surface area contributed by atoms with Crippen molar-refractivity contribution in [3.63, 3.8) is 0 Å². The van der Waals surface area contributed by atoms with Crippen LogP contribution < -0.4 is 5.32 Å². The number of allylic oxidation sites excluding steroid dienone is 1. The van der Waals surface area contributed by atoms with Crippen LogP contribution in [0.1, 0.15) is 56.9 Å². The van der Waals surface area contributed by atoms with Crippen molar-refractivity contribution in [1.29, 1.82) is 0 Å². The number of ether oxygens (including phenoxy) is 2. The molecule has 254 valence electrons. The van der Waals surface area contributed by atoms with E-state index in [4.69, 9.17) is 9.47 Å². The number of esters is 2. The Morgan fingerprint density at radius 2 is 1.20 bits per heavy atom. The van der Waals surface area contributed by atoms with E-state index in [0.29, 0.717) is 5.57 Å². The molecule has 1 aliphatic heterocycles. The quantitative estimate of drug-likeness (QED) is 0.0821. The molecule has 0 saturated carbocycles. The van der Waals surface area contributed by atoms with Crippen LogP contribution >= 0.6 is 0 Å². The number of benzene rings is 4. The summed E-state index contributed by atoms with van der Waals surface area (Å²) in [5.41, 5.74) is 1.94. The predicted molar refractivity (Wildman–Crippen MR) is 190 cm³/mol. The standard InChI is InChI=1S/C40H42N2O6S/c1-28(2)35(38(45)47-26-29-18-10-6-11-19-29)42-36(44)34(37(42)49(46)27-33(43)48-39(3,4)5)41-40(30-20-12-7-13-21-30,31-22-14-8-15-23-31)32-24-16-9-17-25-32/h6-25,34,37,41H,26-27H2,1-5H3/t34-,37-,49?/m1/s1. The minimum Gasteiger partial charge on any atom is -0.459 e. The normalized spacial score (nSPS) is 16.7. The number of carbonyl (C=O) groups is 3. The molecule has 4 aromatic carbocycles. The van der Waals surface area contributed by atoms with E-state index in [1.807, 2.05) is 121 Å². The molecule has 9 heteroatoms. The Kier molecular flexibility index (Phi) is 11.0. The van der Waals surface area contributed by atoms with Gasteiger partial charge in [-0.2, -0.15) is 0 Å². The summed E-state index contributed by atoms with van der Waals surface area (Å²) in [6.45, 7) is 8.58. The highest BCUT2D eigenvalue weighted by Gasteiger charge is 2.57. The Morgan fingerprint density at radius 1 is 0.755 bits per heavy atom. The van der Waals surface area contributed by atoms with Crippen LogP contribution in [0.3, 0.4) is 0 Å². The second-order valence-electron chi connectivity index (χ2n) is 13.1. The summed E-state index contributed by atoms with van der Waals surface area (Å²) >= 11 is 0. The maximum absolute atomic E-state index is 14.5. The van der Waals surface area contributed by atoms with E-state index in [0.717, 1.165) is 22.3 Å². The lowest BCUT2D eigenvalue weighted by atomic mass is 9.76. The molecule has 1 fully saturated rings. The number of hydrogen-bond donors (Lipinski definition) is 1. The molecule has 1 amide bonds. The fourth-order valence-corrected chi connectivity index (χ4v) is 7.45. The summed E-state index contributed by atoms with van der Waals surface area (Å²) in [5.74, 6) is -2.35. The van der Waals surface area contributed by atoms with Crippen LogP contribution in [0.2, 0.25) is 0 Å². The van der Waals surface area contributed by atoms with Crippen molar-refractivity contribution in [1.82, 2.24) is 10.2 Å². The molecular formula is C40H42N2O6S. The van der Waals surface area contributed by atoms with Gasteiger partial charge in [-0.15, -0.1) is 0 Å². The molecule has 3 atom stereocenters. The lowest BCUT2D eigenvalue weighted by molar-refractivity contribution is -0.153. The van der Waals surface area contributed by atoms with Gasteiger partial charge in [-0.1, -0.05) is 121 Å². The molecule has 0 spiro atoms. The summed E-state index contributed by atoms with van der Waals surface area (Å²) in [6, 6.07) is 37.3. The maximum Gasteiger partial charge on any atom is 0.355 e. The summed E-state index contributed by atoms with van der Waals surface area (Å²) < 4.78 is 25.5. The van der Waals surface area contributed by atoms with Gasteiger partial charge in [-0.3, -0.25) is 24.0 Å². The fraction of sp³-hybridized carbons (Fsp3) is 0.275. The van der Waals surface area contributed by atoms with E-state index in [2.05, 4.69) is 5.32 Å². The smallest absolute Gasteiger partial charge is 0.355 e. The van der Waals surface area contributed by atoms with Gasteiger partial charge in [0.2, 0.25) is 5.91 Å². The van der Waals surface area contributed by atoms with Gasteiger partial charge in [-0.05, 0) is 62.4 Å². The first-order valence-corrected chi connectivity index (χ1v) is 17.6. The van der Waals surface area contributed by atoms with Gasteiger partial charge in [0.1, 0.15) is 35.1 Å². The number of likely N-dealkylation sites (tertiary alicyclic amines) is 1. The molecule has 1 aliphatic rings. The largest absolute Gasteiger partial charge is 0.459 e. The molecule has 8 nitrogen and oxygen atoms in total. The SMILES string of the molecule is CC(C)=C(C(=O)OCc1ccccc1)N1C(=O)[C@@H](NC(c2ccccc2)(c2ccccc2)c2ccccc2)[C@H]1S(=O)CC(=O)OC(C)(C)C. The topological polar surface area (TPSA) is 102 Å². The van der Waals surface area contributed by atoms with Crippen LogP contribution in [0, 0.1) is 0 Å². The summed E-state index contributed by atoms with van der Waals surface area (Å²) in [7, 11) is -1.99. The average molecular weight is 679 g/mol. The molecule has 0 radical (unpaired) electrons. The first-order chi connectivity index (χ1) is 23.4. The second-order valence-corrected chi connectivity index (χ2v) is 14.6. The highest BCUT2D eigenvalue weighted by Crippen LogP contribution is 2.41. The number of nitrogens with zero attached hydrogens (tertiary/aromatic N) is 1. The summed E-state index contributed by atoms with van der Waals surface area (Å²) in [4.78, 5) is 42.4. The van der Waals surface area contributed by atoms with Gasteiger partial charge in [0.25, 0.3) is 0 Å². The number of carbonyl (C=O) groups excluding carboxylic acids is 3. The maximum atomic E-state index is 14.5. The zero-order chi connectivity index (χ0) is 35.2. The zero-order valence-corrected chi connectivity index (χ0v) is 29.2. The van der Waals surface area contributed by atoms with Gasteiger partial charge >= 0.3 is 11.9 Å². The second kappa shape index (κ2) is 15.1. The van der Waals surface area contributed by atoms with Gasteiger partial charge in [0.15, 0.2) is 0 Å². The van der Waals surface area contributed by atoms with Crippen LogP contribution in [0.5, 0.6) is 0 Å². The minimum atomic E-state index is -1.99. The van der Waals surface area contributed by atoms with Crippen molar-refractivity contribution in [3.05, 3.63) is 155 Å². The average Bonchev–Trinajstić information content (AvgIpc) is 3.08. The third-order valence-corrected chi connectivity index (χ3v) is 9.65. The van der Waals surface area contributed by atoms with Crippen molar-refractivity contribution < 1.29 is 28.1 Å². The summed E-state index contributed by atoms with van der Waals surface area (Å²) in [6.07, 6.45) is 0. The number of β-lactam (4-membered cyclic amide) rings is 1. The lowest BCUT2D eigenvalue weighted by Crippen LogP contribution is -2.74. The molecule has 1 heterocycles. The summed E-state index contributed by atoms with van der Waals surface area (Å²) in [5, 5.41) is 2.52. The van der Waals surface area contributed by atoms with Crippen molar-refractivity contribution in [2.24, 2.45) is 0 Å². The molecule has 4 aromatic rings. The van der Waals surface area contributed by atoms with Gasteiger partial charge in [0, 0.05) is 0 Å². The number of amides is 1. The lowest BCUT2D eigenvalue weighted by Gasteiger charge is -2.51. The third-order valence-electron chi connectivity index (χ3n) is 8.11.